The van der Waals surface area contributed by atoms with Crippen molar-refractivity contribution in [1.29, 1.82) is 0 Å². The first-order chi connectivity index (χ1) is 11.7. The Bertz CT molecular complexity index is 740. The molecule has 4 rings (SSSR count). The topological polar surface area (TPSA) is 55.3 Å². The van der Waals surface area contributed by atoms with Gasteiger partial charge in [0.2, 0.25) is 0 Å². The Labute approximate surface area is 145 Å². The summed E-state index contributed by atoms with van der Waals surface area (Å²) in [6, 6.07) is 11.0. The zero-order valence-electron chi connectivity index (χ0n) is 13.1. The highest BCUT2D eigenvalue weighted by Gasteiger charge is 2.45. The van der Waals surface area contributed by atoms with Gasteiger partial charge in [0.25, 0.3) is 5.91 Å². The fourth-order valence-corrected chi connectivity index (χ4v) is 3.99. The number of nitrogens with zero attached hydrogens (tertiary/aromatic N) is 3. The lowest BCUT2D eigenvalue weighted by molar-refractivity contribution is 0.0755. The number of benzene rings is 1. The van der Waals surface area contributed by atoms with Crippen LogP contribution in [0.2, 0.25) is 5.02 Å². The molecule has 124 valence electrons. The fourth-order valence-electron chi connectivity index (χ4n) is 3.81. The van der Waals surface area contributed by atoms with E-state index in [0.717, 1.165) is 25.1 Å². The zero-order chi connectivity index (χ0) is 16.5. The lowest BCUT2D eigenvalue weighted by Gasteiger charge is -2.22. The quantitative estimate of drug-likeness (QED) is 0.859. The molecule has 2 aliphatic rings. The maximum Gasteiger partial charge on any atom is 0.274 e. The lowest BCUT2D eigenvalue weighted by atomic mass is 9.99. The van der Waals surface area contributed by atoms with Crippen LogP contribution >= 0.6 is 11.6 Å². The molecule has 24 heavy (non-hydrogen) atoms. The maximum atomic E-state index is 12.6. The molecule has 0 N–H and O–H groups in total. The summed E-state index contributed by atoms with van der Waals surface area (Å²) in [5, 5.41) is 8.35. The molecule has 2 aromatic rings. The van der Waals surface area contributed by atoms with Crippen LogP contribution in [0.15, 0.2) is 42.6 Å². The average Bonchev–Trinajstić information content (AvgIpc) is 3.19. The van der Waals surface area contributed by atoms with E-state index < -0.39 is 0 Å². The van der Waals surface area contributed by atoms with Gasteiger partial charge in [0.1, 0.15) is 11.9 Å². The smallest absolute Gasteiger partial charge is 0.274 e. The molecule has 2 fully saturated rings. The van der Waals surface area contributed by atoms with Gasteiger partial charge < -0.3 is 9.64 Å². The summed E-state index contributed by atoms with van der Waals surface area (Å²) in [6.07, 6.45) is 3.76. The molecular formula is C18H18ClN3O2. The number of fused-ring (bicyclic) bond motifs is 1. The van der Waals surface area contributed by atoms with E-state index in [4.69, 9.17) is 16.3 Å². The molecule has 1 saturated carbocycles. The summed E-state index contributed by atoms with van der Waals surface area (Å²) in [7, 11) is 0. The van der Waals surface area contributed by atoms with E-state index in [1.54, 1.807) is 18.3 Å². The Hall–Kier alpha value is -2.14. The predicted octanol–water partition coefficient (Wildman–Crippen LogP) is 3.06. The fraction of sp³-hybridized carbons (Fsp3) is 0.389. The molecule has 2 heterocycles. The number of carbonyl (C=O) groups excluding carboxylic acids is 1. The Morgan fingerprint density at radius 3 is 2.83 bits per heavy atom. The van der Waals surface area contributed by atoms with E-state index in [2.05, 4.69) is 10.2 Å². The number of rotatable bonds is 3. The summed E-state index contributed by atoms with van der Waals surface area (Å²) < 4.78 is 6.16. The molecule has 3 atom stereocenters. The molecule has 1 amide bonds. The first-order valence-corrected chi connectivity index (χ1v) is 8.58. The first kappa shape index (κ1) is 15.4. The van der Waals surface area contributed by atoms with E-state index in [-0.39, 0.29) is 12.0 Å². The number of halogens is 1. The van der Waals surface area contributed by atoms with Crippen LogP contribution in [0.5, 0.6) is 5.75 Å². The van der Waals surface area contributed by atoms with Gasteiger partial charge in [-0.15, -0.1) is 5.10 Å². The summed E-state index contributed by atoms with van der Waals surface area (Å²) in [4.78, 5) is 14.4. The van der Waals surface area contributed by atoms with Crippen LogP contribution in [0, 0.1) is 11.8 Å². The van der Waals surface area contributed by atoms with Crippen LogP contribution in [0.25, 0.3) is 0 Å². The third-order valence-electron chi connectivity index (χ3n) is 4.98. The van der Waals surface area contributed by atoms with E-state index >= 15 is 0 Å². The van der Waals surface area contributed by atoms with Crippen molar-refractivity contribution in [3.8, 4) is 5.75 Å². The number of para-hydroxylation sites is 1. The van der Waals surface area contributed by atoms with Crippen molar-refractivity contribution < 1.29 is 9.53 Å². The van der Waals surface area contributed by atoms with Crippen molar-refractivity contribution in [2.75, 3.05) is 13.1 Å². The van der Waals surface area contributed by atoms with E-state index in [0.29, 0.717) is 29.1 Å². The number of likely N-dealkylation sites (tertiary alicyclic amines) is 1. The highest BCUT2D eigenvalue weighted by atomic mass is 35.5. The summed E-state index contributed by atoms with van der Waals surface area (Å²) in [5.74, 6) is 1.51. The minimum Gasteiger partial charge on any atom is -0.489 e. The highest BCUT2D eigenvalue weighted by molar-refractivity contribution is 6.32. The van der Waals surface area contributed by atoms with Gasteiger partial charge in [-0.1, -0.05) is 23.7 Å². The molecule has 0 spiro atoms. The number of carbonyl (C=O) groups is 1. The number of amides is 1. The lowest BCUT2D eigenvalue weighted by Crippen LogP contribution is -2.33. The summed E-state index contributed by atoms with van der Waals surface area (Å²) >= 11 is 6.20. The van der Waals surface area contributed by atoms with Gasteiger partial charge in [-0.3, -0.25) is 4.79 Å². The van der Waals surface area contributed by atoms with Gasteiger partial charge in [-0.25, -0.2) is 0 Å². The number of ether oxygens (including phenoxy) is 1. The maximum absolute atomic E-state index is 12.6. The molecular weight excluding hydrogens is 326 g/mol. The van der Waals surface area contributed by atoms with Gasteiger partial charge in [0, 0.05) is 25.2 Å². The second-order valence-electron chi connectivity index (χ2n) is 6.41. The second-order valence-corrected chi connectivity index (χ2v) is 6.81. The molecule has 0 radical (unpaired) electrons. The van der Waals surface area contributed by atoms with Crippen LogP contribution in [0.3, 0.4) is 0 Å². The van der Waals surface area contributed by atoms with E-state index in [9.17, 15) is 4.79 Å². The minimum atomic E-state index is -0.0472. The zero-order valence-corrected chi connectivity index (χ0v) is 13.9. The minimum absolute atomic E-state index is 0.0472. The number of hydrogen-bond acceptors (Lipinski definition) is 4. The molecule has 1 aliphatic carbocycles. The van der Waals surface area contributed by atoms with Crippen LogP contribution in [-0.4, -0.2) is 40.2 Å². The molecule has 0 bridgehead atoms. The second kappa shape index (κ2) is 6.40. The SMILES string of the molecule is O=C(c1cccnn1)N1C[C@@H]2CC[C@H](Oc3ccccc3Cl)[C@@H]2C1. The standard InChI is InChI=1S/C18H18ClN3O2/c19-14-4-1-2-6-17(14)24-16-8-7-12-10-22(11-13(12)16)18(23)15-5-3-9-20-21-15/h1-6,9,12-13,16H,7-8,10-11H2/t12-,13+,16-/m0/s1. The van der Waals surface area contributed by atoms with E-state index in [1.165, 1.54) is 0 Å². The molecule has 1 aliphatic heterocycles. The van der Waals surface area contributed by atoms with Crippen molar-refractivity contribution in [3.63, 3.8) is 0 Å². The van der Waals surface area contributed by atoms with Crippen LogP contribution in [0.1, 0.15) is 23.3 Å². The molecule has 5 nitrogen and oxygen atoms in total. The van der Waals surface area contributed by atoms with Gasteiger partial charge >= 0.3 is 0 Å². The van der Waals surface area contributed by atoms with Gasteiger partial charge in [0.05, 0.1) is 5.02 Å². The largest absolute Gasteiger partial charge is 0.489 e. The molecule has 1 aromatic carbocycles. The normalized spacial score (nSPS) is 25.5. The third-order valence-corrected chi connectivity index (χ3v) is 5.30. The van der Waals surface area contributed by atoms with Gasteiger partial charge in [-0.2, -0.15) is 5.10 Å². The van der Waals surface area contributed by atoms with Gasteiger partial charge in [0.15, 0.2) is 5.69 Å². The predicted molar refractivity (Wildman–Crippen MR) is 90.0 cm³/mol. The van der Waals surface area contributed by atoms with Gasteiger partial charge in [-0.05, 0) is 43.0 Å². The Morgan fingerprint density at radius 1 is 1.17 bits per heavy atom. The summed E-state index contributed by atoms with van der Waals surface area (Å²) in [6.45, 7) is 1.47. The summed E-state index contributed by atoms with van der Waals surface area (Å²) in [5.41, 5.74) is 0.404. The monoisotopic (exact) mass is 343 g/mol. The Balaban J connectivity index is 1.45. The highest BCUT2D eigenvalue weighted by Crippen LogP contribution is 2.41. The van der Waals surface area contributed by atoms with Crippen molar-refractivity contribution in [3.05, 3.63) is 53.3 Å². The van der Waals surface area contributed by atoms with E-state index in [1.807, 2.05) is 29.2 Å². The van der Waals surface area contributed by atoms with Crippen LogP contribution in [-0.2, 0) is 0 Å². The Morgan fingerprint density at radius 2 is 2.04 bits per heavy atom. The van der Waals surface area contributed by atoms with Crippen LogP contribution in [0.4, 0.5) is 0 Å². The Kier molecular flexibility index (Phi) is 4.10. The van der Waals surface area contributed by atoms with Crippen molar-refractivity contribution >= 4 is 17.5 Å². The molecule has 1 aromatic heterocycles. The first-order valence-electron chi connectivity index (χ1n) is 8.20. The van der Waals surface area contributed by atoms with Crippen LogP contribution < -0.4 is 4.74 Å². The average molecular weight is 344 g/mol. The molecule has 0 unspecified atom stereocenters. The van der Waals surface area contributed by atoms with Crippen molar-refractivity contribution in [2.24, 2.45) is 11.8 Å². The molecule has 6 heteroatoms. The van der Waals surface area contributed by atoms with Crippen molar-refractivity contribution in [2.45, 2.75) is 18.9 Å². The third kappa shape index (κ3) is 2.84. The number of hydrogen-bond donors (Lipinski definition) is 0. The number of aromatic nitrogens is 2. The van der Waals surface area contributed by atoms with Crippen molar-refractivity contribution in [1.82, 2.24) is 15.1 Å². The molecule has 1 saturated heterocycles.